The van der Waals surface area contributed by atoms with Crippen LogP contribution in [0.2, 0.25) is 0 Å². The van der Waals surface area contributed by atoms with Gasteiger partial charge in [-0.2, -0.15) is 0 Å². The van der Waals surface area contributed by atoms with Crippen molar-refractivity contribution in [3.63, 3.8) is 0 Å². The number of benzene rings is 1. The van der Waals surface area contributed by atoms with E-state index in [1.165, 1.54) is 14.0 Å². The monoisotopic (exact) mass is 1100 g/mol. The molecule has 3 aliphatic rings. The average molecular weight is 1100 g/mol. The molecule has 18 nitrogen and oxygen atoms in total. The standard InChI is InChI=1S/C59H99FN6O12/c1-14-49-59(10,72)53(68)40(6)66(12)34-36(2)28-57(8,71)55(38(4)52(39(5)56(70)76-49)77-51-29-58(9,73-13)54(69)41(7)75-51)78-50-27-48(24-37(3)74-50)65(11)23-20-46(61)33-64-47(35-67)26-42-16-18-44(19-17-42)45-25-43(31-63-32-45)30-62-22-15-21-60/h16-19,25,31-33,36-41,47-55,62,64,67-69,71-72H,14-15,20-24,26-30,34-35,61H2,1-13H3/b46-33-/t36-,37-,38+,39-,40-,41+,47+,48+,49-,50+,51+,52+,53-,54+,55-,57-,58-,59-/m1/s1. The molecule has 2 aromatic rings. The number of carbonyl (C=O) groups is 1. The molecule has 0 aliphatic carbocycles. The summed E-state index contributed by atoms with van der Waals surface area (Å²) in [6.07, 6.45) is 0.866. The Hall–Kier alpha value is -3.41. The Labute approximate surface area is 464 Å². The van der Waals surface area contributed by atoms with Crippen LogP contribution in [0, 0.1) is 17.8 Å². The number of aliphatic hydroxyl groups is 5. The second-order valence-electron chi connectivity index (χ2n) is 23.8. The van der Waals surface area contributed by atoms with E-state index in [0.717, 1.165) is 22.3 Å². The first-order valence-corrected chi connectivity index (χ1v) is 28.5. The van der Waals surface area contributed by atoms with Crippen molar-refractivity contribution in [3.05, 3.63) is 65.7 Å². The van der Waals surface area contributed by atoms with Crippen LogP contribution < -0.4 is 16.4 Å². The van der Waals surface area contributed by atoms with E-state index in [1.54, 1.807) is 40.8 Å². The van der Waals surface area contributed by atoms with Crippen molar-refractivity contribution in [2.75, 3.05) is 54.1 Å². The predicted molar refractivity (Wildman–Crippen MR) is 298 cm³/mol. The minimum atomic E-state index is -1.82. The van der Waals surface area contributed by atoms with Gasteiger partial charge in [-0.15, -0.1) is 0 Å². The van der Waals surface area contributed by atoms with Crippen molar-refractivity contribution >= 4 is 5.97 Å². The van der Waals surface area contributed by atoms with Crippen LogP contribution in [0.1, 0.15) is 125 Å². The van der Waals surface area contributed by atoms with Crippen LogP contribution >= 0.6 is 0 Å². The highest BCUT2D eigenvalue weighted by atomic mass is 19.1. The summed E-state index contributed by atoms with van der Waals surface area (Å²) in [5.41, 5.74) is 6.93. The Bertz CT molecular complexity index is 2160. The Morgan fingerprint density at radius 3 is 2.35 bits per heavy atom. The number of carbonyl (C=O) groups excluding carboxylic acids is 1. The minimum Gasteiger partial charge on any atom is -0.459 e. The number of hydrogen-bond donors (Lipinski definition) is 8. The summed E-state index contributed by atoms with van der Waals surface area (Å²) in [5, 5.41) is 64.5. The summed E-state index contributed by atoms with van der Waals surface area (Å²) in [6, 6.07) is 9.46. The molecule has 0 saturated carbocycles. The largest absolute Gasteiger partial charge is 0.459 e. The Morgan fingerprint density at radius 1 is 0.987 bits per heavy atom. The smallest absolute Gasteiger partial charge is 0.311 e. The lowest BCUT2D eigenvalue weighted by atomic mass is 9.77. The van der Waals surface area contributed by atoms with Gasteiger partial charge in [0.25, 0.3) is 0 Å². The van der Waals surface area contributed by atoms with Gasteiger partial charge in [-0.1, -0.05) is 45.0 Å². The summed E-state index contributed by atoms with van der Waals surface area (Å²) < 4.78 is 51.2. The van der Waals surface area contributed by atoms with E-state index in [1.807, 2.05) is 83.3 Å². The normalized spacial score (nSPS) is 36.6. The summed E-state index contributed by atoms with van der Waals surface area (Å²) in [6.45, 7) is 19.8. The van der Waals surface area contributed by atoms with Gasteiger partial charge in [0.05, 0.1) is 60.9 Å². The third kappa shape index (κ3) is 17.6. The number of cyclic esters (lactones) is 1. The number of esters is 1. The highest BCUT2D eigenvalue weighted by Crippen LogP contribution is 2.40. The van der Waals surface area contributed by atoms with E-state index in [-0.39, 0.29) is 56.6 Å². The first-order valence-electron chi connectivity index (χ1n) is 28.5. The van der Waals surface area contributed by atoms with Crippen molar-refractivity contribution in [2.45, 2.75) is 217 Å². The lowest BCUT2D eigenvalue weighted by Crippen LogP contribution is -2.59. The van der Waals surface area contributed by atoms with Crippen molar-refractivity contribution in [2.24, 2.45) is 23.5 Å². The lowest BCUT2D eigenvalue weighted by molar-refractivity contribution is -0.308. The van der Waals surface area contributed by atoms with Gasteiger partial charge < -0.3 is 80.1 Å². The zero-order chi connectivity index (χ0) is 57.7. The number of nitrogens with one attached hydrogen (secondary N) is 2. The fourth-order valence-corrected chi connectivity index (χ4v) is 11.9. The molecule has 0 amide bonds. The molecule has 19 heteroatoms. The summed E-state index contributed by atoms with van der Waals surface area (Å²) >= 11 is 0. The molecule has 0 bridgehead atoms. The van der Waals surface area contributed by atoms with E-state index in [2.05, 4.69) is 26.6 Å². The van der Waals surface area contributed by atoms with E-state index in [0.29, 0.717) is 64.0 Å². The van der Waals surface area contributed by atoms with Gasteiger partial charge in [0, 0.05) is 93.9 Å². The van der Waals surface area contributed by atoms with E-state index in [9.17, 15) is 34.7 Å². The Morgan fingerprint density at radius 2 is 1.69 bits per heavy atom. The van der Waals surface area contributed by atoms with E-state index < -0.39 is 89.9 Å². The number of aliphatic hydroxyl groups excluding tert-OH is 3. The molecule has 0 unspecified atom stereocenters. The fraction of sp³-hybridized carbons (Fsp3) is 0.763. The van der Waals surface area contributed by atoms with Crippen molar-refractivity contribution in [3.8, 4) is 11.1 Å². The molecular formula is C59H99FN6O12. The number of methoxy groups -OCH3 is 1. The number of likely N-dealkylation sites (N-methyl/N-ethyl adjacent to an activating group) is 1. The quantitative estimate of drug-likeness (QED) is 0.0592. The van der Waals surface area contributed by atoms with Crippen LogP contribution in [0.25, 0.3) is 11.1 Å². The van der Waals surface area contributed by atoms with Gasteiger partial charge in [-0.3, -0.25) is 14.2 Å². The number of rotatable bonds is 21. The number of nitrogens with two attached hydrogens (primary N) is 1. The number of aromatic nitrogens is 1. The van der Waals surface area contributed by atoms with Gasteiger partial charge in [-0.05, 0) is 130 Å². The third-order valence-corrected chi connectivity index (χ3v) is 16.9. The molecule has 5 rings (SSSR count). The van der Waals surface area contributed by atoms with Crippen LogP contribution in [0.5, 0.6) is 0 Å². The highest BCUT2D eigenvalue weighted by Gasteiger charge is 2.52. The Balaban J connectivity index is 1.32. The average Bonchev–Trinajstić information content (AvgIpc) is 3.41. The molecule has 0 spiro atoms. The molecule has 3 aliphatic heterocycles. The summed E-state index contributed by atoms with van der Waals surface area (Å²) in [5.74, 6) is -2.54. The van der Waals surface area contributed by atoms with E-state index in [4.69, 9.17) is 34.2 Å². The highest BCUT2D eigenvalue weighted by molar-refractivity contribution is 5.73. The topological polar surface area (TPSA) is 243 Å². The molecule has 444 valence electrons. The molecule has 9 N–H and O–H groups in total. The SMILES string of the molecule is CC[C@H]1OC(=O)[C@H](C)[C@@H](O[C@H]2C[C@@](C)(OC)[C@@H](O)[C@H](C)O2)[C@H](C)[C@@H](O[C@H]2C[C@@H](N(C)CC/C(N)=C/N[C@H](CO)Cc3ccc(-c4cncc(CNCCCF)c4)cc3)C[C@@H](C)O2)[C@](C)(O)C[C@@H](C)CN(C)[C@H](C)[C@@H](O)[C@]1(C)O. The van der Waals surface area contributed by atoms with Crippen LogP contribution in [0.4, 0.5) is 4.39 Å². The predicted octanol–water partition coefficient (Wildman–Crippen LogP) is 5.19. The second-order valence-corrected chi connectivity index (χ2v) is 23.8. The van der Waals surface area contributed by atoms with Crippen molar-refractivity contribution < 1.29 is 63.1 Å². The summed E-state index contributed by atoms with van der Waals surface area (Å²) in [4.78, 5) is 23.1. The molecule has 0 radical (unpaired) electrons. The molecule has 78 heavy (non-hydrogen) atoms. The molecule has 3 fully saturated rings. The van der Waals surface area contributed by atoms with Crippen molar-refractivity contribution in [1.82, 2.24) is 25.4 Å². The van der Waals surface area contributed by atoms with E-state index >= 15 is 0 Å². The first kappa shape index (κ1) is 65.4. The maximum Gasteiger partial charge on any atom is 0.311 e. The van der Waals surface area contributed by atoms with Gasteiger partial charge >= 0.3 is 5.97 Å². The van der Waals surface area contributed by atoms with Crippen LogP contribution in [0.3, 0.4) is 0 Å². The number of pyridine rings is 1. The zero-order valence-electron chi connectivity index (χ0n) is 49.1. The third-order valence-electron chi connectivity index (χ3n) is 16.9. The fourth-order valence-electron chi connectivity index (χ4n) is 11.9. The second kappa shape index (κ2) is 29.5. The van der Waals surface area contributed by atoms with Gasteiger partial charge in [0.1, 0.15) is 23.9 Å². The first-order chi connectivity index (χ1) is 36.8. The number of hydrogen-bond acceptors (Lipinski definition) is 18. The number of alkyl halides is 1. The molecule has 18 atom stereocenters. The van der Waals surface area contributed by atoms with Gasteiger partial charge in [-0.25, -0.2) is 0 Å². The van der Waals surface area contributed by atoms with Crippen LogP contribution in [-0.4, -0.2) is 191 Å². The van der Waals surface area contributed by atoms with Crippen LogP contribution in [0.15, 0.2) is 54.6 Å². The zero-order valence-corrected chi connectivity index (χ0v) is 49.1. The number of nitrogens with zero attached hydrogens (tertiary/aromatic N) is 3. The number of ether oxygens (including phenoxy) is 6. The molecule has 3 saturated heterocycles. The van der Waals surface area contributed by atoms with Crippen molar-refractivity contribution in [1.29, 1.82) is 0 Å². The molecular weight excluding hydrogens is 1000 g/mol. The maximum atomic E-state index is 14.5. The minimum absolute atomic E-state index is 0.00740. The number of halogens is 1. The molecule has 1 aromatic carbocycles. The Kier molecular flexibility index (Phi) is 24.8. The van der Waals surface area contributed by atoms with Crippen LogP contribution in [-0.2, 0) is 46.2 Å². The van der Waals surface area contributed by atoms with Gasteiger partial charge in [0.15, 0.2) is 12.6 Å². The maximum absolute atomic E-state index is 14.5. The molecule has 4 heterocycles. The lowest BCUT2D eigenvalue weighted by Gasteiger charge is -2.48. The van der Waals surface area contributed by atoms with Gasteiger partial charge in [0.2, 0.25) is 0 Å². The molecule has 1 aromatic heterocycles. The summed E-state index contributed by atoms with van der Waals surface area (Å²) in [7, 11) is 5.43.